The minimum atomic E-state index is -0.690. The maximum atomic E-state index is 12.9. The number of amides is 1. The SMILES string of the molecule is O=C(OCC(=O)N(C1=CCCCC1)C1CC1)c1ccc(COc2ccc(F)cc2)o1. The second-order valence-electron chi connectivity index (χ2n) is 7.52. The Morgan fingerprint density at radius 1 is 1.10 bits per heavy atom. The molecular weight excluding hydrogens is 389 g/mol. The van der Waals surface area contributed by atoms with Crippen molar-refractivity contribution in [2.45, 2.75) is 51.2 Å². The molecule has 30 heavy (non-hydrogen) atoms. The second kappa shape index (κ2) is 9.15. The van der Waals surface area contributed by atoms with Crippen LogP contribution in [0.15, 0.2) is 52.6 Å². The normalized spacial score (nSPS) is 16.0. The van der Waals surface area contributed by atoms with Gasteiger partial charge in [-0.2, -0.15) is 0 Å². The number of allylic oxidation sites excluding steroid dienone is 2. The van der Waals surface area contributed by atoms with Gasteiger partial charge in [-0.05, 0) is 74.9 Å². The van der Waals surface area contributed by atoms with Crippen LogP contribution in [0.3, 0.4) is 0 Å². The van der Waals surface area contributed by atoms with Gasteiger partial charge in [0.15, 0.2) is 6.61 Å². The van der Waals surface area contributed by atoms with Gasteiger partial charge in [0.2, 0.25) is 5.76 Å². The lowest BCUT2D eigenvalue weighted by atomic mass is 10.0. The van der Waals surface area contributed by atoms with Crippen LogP contribution >= 0.6 is 0 Å². The van der Waals surface area contributed by atoms with Crippen LogP contribution < -0.4 is 4.74 Å². The van der Waals surface area contributed by atoms with E-state index in [2.05, 4.69) is 6.08 Å². The van der Waals surface area contributed by atoms with Crippen molar-refractivity contribution in [3.63, 3.8) is 0 Å². The molecule has 2 aliphatic carbocycles. The summed E-state index contributed by atoms with van der Waals surface area (Å²) in [5, 5.41) is 0. The van der Waals surface area contributed by atoms with Crippen LogP contribution in [-0.4, -0.2) is 29.4 Å². The Morgan fingerprint density at radius 3 is 2.60 bits per heavy atom. The molecule has 1 aromatic carbocycles. The zero-order valence-corrected chi connectivity index (χ0v) is 16.6. The molecule has 0 atom stereocenters. The van der Waals surface area contributed by atoms with Gasteiger partial charge >= 0.3 is 5.97 Å². The topological polar surface area (TPSA) is 69.0 Å². The number of hydrogen-bond acceptors (Lipinski definition) is 5. The maximum absolute atomic E-state index is 12.9. The van der Waals surface area contributed by atoms with E-state index in [0.717, 1.165) is 44.2 Å². The van der Waals surface area contributed by atoms with E-state index in [1.165, 1.54) is 30.3 Å². The van der Waals surface area contributed by atoms with Crippen molar-refractivity contribution < 1.29 is 27.9 Å². The minimum Gasteiger partial charge on any atom is -0.486 e. The molecule has 6 nitrogen and oxygen atoms in total. The number of carbonyl (C=O) groups is 2. The summed E-state index contributed by atoms with van der Waals surface area (Å²) in [6.07, 6.45) is 8.22. The van der Waals surface area contributed by atoms with E-state index in [9.17, 15) is 14.0 Å². The van der Waals surface area contributed by atoms with Gasteiger partial charge in [-0.25, -0.2) is 9.18 Å². The number of esters is 1. The molecule has 0 unspecified atom stereocenters. The Hall–Kier alpha value is -3.09. The van der Waals surface area contributed by atoms with Crippen LogP contribution in [0, 0.1) is 5.82 Å². The van der Waals surface area contributed by atoms with Crippen LogP contribution in [0.2, 0.25) is 0 Å². The molecule has 158 valence electrons. The number of carbonyl (C=O) groups excluding carboxylic acids is 2. The highest BCUT2D eigenvalue weighted by molar-refractivity contribution is 5.89. The second-order valence-corrected chi connectivity index (χ2v) is 7.52. The van der Waals surface area contributed by atoms with Gasteiger partial charge in [0.1, 0.15) is 23.9 Å². The third-order valence-electron chi connectivity index (χ3n) is 5.14. The van der Waals surface area contributed by atoms with Gasteiger partial charge in [0.25, 0.3) is 5.91 Å². The first-order valence-corrected chi connectivity index (χ1v) is 10.3. The summed E-state index contributed by atoms with van der Waals surface area (Å²) < 4.78 is 29.1. The first-order chi connectivity index (χ1) is 14.6. The minimum absolute atomic E-state index is 0.00959. The Kier molecular flexibility index (Phi) is 6.16. The molecule has 1 fully saturated rings. The van der Waals surface area contributed by atoms with Gasteiger partial charge < -0.3 is 18.8 Å². The molecule has 2 aromatic rings. The molecule has 1 saturated carbocycles. The summed E-state index contributed by atoms with van der Waals surface area (Å²) in [5.41, 5.74) is 1.06. The molecule has 4 rings (SSSR count). The van der Waals surface area contributed by atoms with Crippen molar-refractivity contribution in [1.29, 1.82) is 0 Å². The van der Waals surface area contributed by atoms with E-state index < -0.39 is 5.97 Å². The third-order valence-corrected chi connectivity index (χ3v) is 5.14. The quantitative estimate of drug-likeness (QED) is 0.592. The number of ether oxygens (including phenoxy) is 2. The Balaban J connectivity index is 1.29. The predicted molar refractivity (Wildman–Crippen MR) is 106 cm³/mol. The van der Waals surface area contributed by atoms with Crippen molar-refractivity contribution in [2.24, 2.45) is 0 Å². The highest BCUT2D eigenvalue weighted by Crippen LogP contribution is 2.33. The molecule has 7 heteroatoms. The lowest BCUT2D eigenvalue weighted by molar-refractivity contribution is -0.133. The molecule has 1 amide bonds. The van der Waals surface area contributed by atoms with E-state index >= 15 is 0 Å². The van der Waals surface area contributed by atoms with Crippen molar-refractivity contribution in [1.82, 2.24) is 4.90 Å². The number of benzene rings is 1. The largest absolute Gasteiger partial charge is 0.486 e. The first kappa shape index (κ1) is 20.2. The lowest BCUT2D eigenvalue weighted by Gasteiger charge is -2.27. The van der Waals surface area contributed by atoms with Gasteiger partial charge in [0.05, 0.1) is 0 Å². The number of nitrogens with zero attached hydrogens (tertiary/aromatic N) is 1. The summed E-state index contributed by atoms with van der Waals surface area (Å²) in [6.45, 7) is -0.226. The standard InChI is InChI=1S/C23H24FNO5/c24-16-6-10-19(11-7-16)28-14-20-12-13-21(30-20)23(27)29-15-22(26)25(18-8-9-18)17-4-2-1-3-5-17/h4,6-7,10-13,18H,1-3,5,8-9,14-15H2. The highest BCUT2D eigenvalue weighted by atomic mass is 19.1. The molecule has 0 aliphatic heterocycles. The number of halogens is 1. The third kappa shape index (κ3) is 5.09. The van der Waals surface area contributed by atoms with E-state index in [-0.39, 0.29) is 36.7 Å². The van der Waals surface area contributed by atoms with E-state index in [1.807, 2.05) is 4.90 Å². The smallest absolute Gasteiger partial charge is 0.374 e. The monoisotopic (exact) mass is 413 g/mol. The lowest BCUT2D eigenvalue weighted by Crippen LogP contribution is -2.36. The predicted octanol–water partition coefficient (Wildman–Crippen LogP) is 4.60. The van der Waals surface area contributed by atoms with Crippen LogP contribution in [0.4, 0.5) is 4.39 Å². The fraction of sp³-hybridized carbons (Fsp3) is 0.391. The fourth-order valence-corrected chi connectivity index (χ4v) is 3.49. The summed E-state index contributed by atoms with van der Waals surface area (Å²) in [6, 6.07) is 8.93. The number of rotatable bonds is 8. The van der Waals surface area contributed by atoms with E-state index in [4.69, 9.17) is 13.9 Å². The zero-order valence-electron chi connectivity index (χ0n) is 16.6. The van der Waals surface area contributed by atoms with Crippen molar-refractivity contribution in [3.05, 3.63) is 65.5 Å². The Morgan fingerprint density at radius 2 is 1.90 bits per heavy atom. The zero-order chi connectivity index (χ0) is 20.9. The summed E-state index contributed by atoms with van der Waals surface area (Å²) in [5.74, 6) is -0.310. The van der Waals surface area contributed by atoms with Gasteiger partial charge in [-0.1, -0.05) is 6.08 Å². The Labute approximate surface area is 174 Å². The molecule has 0 N–H and O–H groups in total. The maximum Gasteiger partial charge on any atom is 0.374 e. The molecule has 0 radical (unpaired) electrons. The summed E-state index contributed by atoms with van der Waals surface area (Å²) >= 11 is 0. The van der Waals surface area contributed by atoms with E-state index in [0.29, 0.717) is 11.5 Å². The van der Waals surface area contributed by atoms with Crippen LogP contribution in [0.1, 0.15) is 54.8 Å². The average Bonchev–Trinajstić information content (AvgIpc) is 3.48. The molecular formula is C23H24FNO5. The van der Waals surface area contributed by atoms with Crippen molar-refractivity contribution >= 4 is 11.9 Å². The number of hydrogen-bond donors (Lipinski definition) is 0. The molecule has 0 spiro atoms. The van der Waals surface area contributed by atoms with Gasteiger partial charge in [-0.15, -0.1) is 0 Å². The van der Waals surface area contributed by atoms with E-state index in [1.54, 1.807) is 6.07 Å². The van der Waals surface area contributed by atoms with Gasteiger partial charge in [-0.3, -0.25) is 4.79 Å². The van der Waals surface area contributed by atoms with Crippen molar-refractivity contribution in [2.75, 3.05) is 6.61 Å². The van der Waals surface area contributed by atoms with Crippen LogP contribution in [0.5, 0.6) is 5.75 Å². The molecule has 1 heterocycles. The molecule has 1 aromatic heterocycles. The highest BCUT2D eigenvalue weighted by Gasteiger charge is 2.35. The van der Waals surface area contributed by atoms with Crippen LogP contribution in [-0.2, 0) is 16.1 Å². The Bertz CT molecular complexity index is 929. The molecule has 2 aliphatic rings. The van der Waals surface area contributed by atoms with Crippen molar-refractivity contribution in [3.8, 4) is 5.75 Å². The molecule has 0 bridgehead atoms. The molecule has 0 saturated heterocycles. The van der Waals surface area contributed by atoms with Crippen LogP contribution in [0.25, 0.3) is 0 Å². The first-order valence-electron chi connectivity index (χ1n) is 10.3. The average molecular weight is 413 g/mol. The summed E-state index contributed by atoms with van der Waals surface area (Å²) in [7, 11) is 0. The van der Waals surface area contributed by atoms with Gasteiger partial charge in [0, 0.05) is 11.7 Å². The fourth-order valence-electron chi connectivity index (χ4n) is 3.49. The number of furan rings is 1. The summed E-state index contributed by atoms with van der Waals surface area (Å²) in [4.78, 5) is 26.8.